The molecular formula is C45H55Cl2NOSiZr. The van der Waals surface area contributed by atoms with Crippen molar-refractivity contribution in [2.75, 3.05) is 6.61 Å². The number of unbranched alkanes of at least 4 members (excludes halogenated alkanes) is 3. The number of aromatic nitrogens is 1. The fourth-order valence-electron chi connectivity index (χ4n) is 9.17. The molecule has 0 atom stereocenters. The van der Waals surface area contributed by atoms with Crippen LogP contribution in [0.1, 0.15) is 89.0 Å². The van der Waals surface area contributed by atoms with Crippen LogP contribution in [-0.4, -0.2) is 24.8 Å². The van der Waals surface area contributed by atoms with E-state index in [1.807, 2.05) is 0 Å². The van der Waals surface area contributed by atoms with Gasteiger partial charge in [0.05, 0.1) is 5.60 Å². The van der Waals surface area contributed by atoms with Gasteiger partial charge in [0.15, 0.2) is 0 Å². The van der Waals surface area contributed by atoms with Crippen LogP contribution in [0.15, 0.2) is 72.8 Å². The van der Waals surface area contributed by atoms with E-state index in [-0.39, 0.29) is 5.60 Å². The molecule has 5 aromatic carbocycles. The molecule has 1 aliphatic carbocycles. The summed E-state index contributed by atoms with van der Waals surface area (Å²) in [6.07, 6.45) is 9.81. The summed E-state index contributed by atoms with van der Waals surface area (Å²) in [6, 6.07) is 31.4. The molecule has 1 heterocycles. The van der Waals surface area contributed by atoms with Crippen LogP contribution in [0, 0.1) is 6.92 Å². The first-order valence-electron chi connectivity index (χ1n) is 19.2. The van der Waals surface area contributed by atoms with Gasteiger partial charge in [-0.3, -0.25) is 0 Å². The Balaban J connectivity index is 0.00000144. The monoisotopic (exact) mass is 813 g/mol. The van der Waals surface area contributed by atoms with Crippen LogP contribution in [0.5, 0.6) is 0 Å². The van der Waals surface area contributed by atoms with Gasteiger partial charge in [-0.1, -0.05) is 99.5 Å². The van der Waals surface area contributed by atoms with Gasteiger partial charge in [-0.05, 0) is 70.2 Å². The van der Waals surface area contributed by atoms with Crippen molar-refractivity contribution in [3.05, 3.63) is 95.1 Å². The maximum absolute atomic E-state index is 5.93. The first kappa shape index (κ1) is 38.8. The Morgan fingerprint density at radius 2 is 1.59 bits per heavy atom. The van der Waals surface area contributed by atoms with Gasteiger partial charge in [0, 0.05) is 43.5 Å². The number of halogens is 2. The Bertz CT molecular complexity index is 2110. The predicted molar refractivity (Wildman–Crippen MR) is 223 cm³/mol. The fourth-order valence-corrected chi connectivity index (χ4v) is 13.9. The van der Waals surface area contributed by atoms with E-state index in [1.54, 1.807) is 26.9 Å². The molecule has 0 aliphatic heterocycles. The van der Waals surface area contributed by atoms with Crippen LogP contribution < -0.4 is 10.4 Å². The molecule has 7 rings (SSSR count). The Hall–Kier alpha value is -1.94. The van der Waals surface area contributed by atoms with E-state index in [0.29, 0.717) is 0 Å². The van der Waals surface area contributed by atoms with E-state index in [4.69, 9.17) is 21.8 Å². The number of hydrogen-bond donors (Lipinski definition) is 0. The molecule has 0 saturated heterocycles. The standard InChI is InChI=1S/C45H55NOSi.2ClH.Zr/c1-8-48(9-2,35-24-22-32(28-35)17-12-10-11-15-26-47-45(4,5)6)44-31(3)27-39-40(44)29-33-18-16-20-36(33)43(39)34-23-25-42-38(30-34)37-19-13-14-21-41(37)46(42)7;;;/h13-14,19,21-25,27-30H,8-12,15-18,20,26H2,1-7H3;2*1H;/q-2;;;+4/p-2. The number of para-hydroxylation sites is 1. The molecule has 1 aliphatic rings. The van der Waals surface area contributed by atoms with Crippen molar-refractivity contribution in [2.45, 2.75) is 111 Å². The number of hydrogen-bond acceptors (Lipinski definition) is 1. The summed E-state index contributed by atoms with van der Waals surface area (Å²) in [6.45, 7) is 14.7. The number of benzene rings is 3. The third kappa shape index (κ3) is 7.84. The molecule has 1 aromatic heterocycles. The molecule has 0 spiro atoms. The summed E-state index contributed by atoms with van der Waals surface area (Å²) < 4.78 is 8.28. The maximum atomic E-state index is 5.93. The Morgan fingerprint density at radius 3 is 2.33 bits per heavy atom. The zero-order valence-electron chi connectivity index (χ0n) is 31.8. The van der Waals surface area contributed by atoms with Crippen LogP contribution in [-0.2, 0) is 51.9 Å². The quantitative estimate of drug-likeness (QED) is 0.0682. The summed E-state index contributed by atoms with van der Waals surface area (Å²) >= 11 is -0.826. The van der Waals surface area contributed by atoms with Crippen LogP contribution in [0.4, 0.5) is 0 Å². The van der Waals surface area contributed by atoms with Crippen molar-refractivity contribution in [3.63, 3.8) is 0 Å². The van der Waals surface area contributed by atoms with Gasteiger partial charge in [0.2, 0.25) is 0 Å². The number of nitrogens with zero attached hydrogens (tertiary/aromatic N) is 1. The SMILES string of the molecule is CC[Si](CC)([c-]1ccc(CCCCCCOC(C)(C)C)c1)[c-]1c(C)cc2c(-c3ccc4c(c3)c3ccccc3n4C)c3c(cc21)CCC3.[Cl][Zr+2][Cl]. The molecular weight excluding hydrogens is 761 g/mol. The summed E-state index contributed by atoms with van der Waals surface area (Å²) in [5.41, 5.74) is 11.7. The number of fused-ring (bicyclic) bond motifs is 5. The van der Waals surface area contributed by atoms with E-state index in [2.05, 4.69) is 126 Å². The second-order valence-corrected chi connectivity index (χ2v) is 24.1. The second kappa shape index (κ2) is 16.6. The van der Waals surface area contributed by atoms with E-state index in [9.17, 15) is 0 Å². The topological polar surface area (TPSA) is 14.2 Å². The van der Waals surface area contributed by atoms with Gasteiger partial charge in [0.1, 0.15) is 0 Å². The summed E-state index contributed by atoms with van der Waals surface area (Å²) in [5.74, 6) is 0. The number of aryl methyl sites for hydroxylation is 4. The van der Waals surface area contributed by atoms with Crippen LogP contribution in [0.25, 0.3) is 43.7 Å². The normalized spacial score (nSPS) is 13.2. The molecule has 0 radical (unpaired) electrons. The van der Waals surface area contributed by atoms with Crippen LogP contribution in [0.3, 0.4) is 0 Å². The van der Waals surface area contributed by atoms with Crippen LogP contribution in [0.2, 0.25) is 12.1 Å². The van der Waals surface area contributed by atoms with Gasteiger partial charge in [0.25, 0.3) is 0 Å². The summed E-state index contributed by atoms with van der Waals surface area (Å²) in [7, 11) is 10.1. The van der Waals surface area contributed by atoms with Gasteiger partial charge >= 0.3 is 37.9 Å². The molecule has 0 fully saturated rings. The van der Waals surface area contributed by atoms with Gasteiger partial charge in [-0.15, -0.1) is 27.6 Å². The van der Waals surface area contributed by atoms with Crippen LogP contribution >= 0.6 is 17.0 Å². The van der Waals surface area contributed by atoms with Crippen molar-refractivity contribution in [1.29, 1.82) is 0 Å². The molecule has 0 amide bonds. The zero-order chi connectivity index (χ0) is 36.3. The van der Waals surface area contributed by atoms with Crippen molar-refractivity contribution in [2.24, 2.45) is 7.05 Å². The Labute approximate surface area is 326 Å². The minimum atomic E-state index is -1.97. The third-order valence-electron chi connectivity index (χ3n) is 11.6. The average molecular weight is 816 g/mol. The van der Waals surface area contributed by atoms with E-state index >= 15 is 0 Å². The van der Waals surface area contributed by atoms with Crippen molar-refractivity contribution in [1.82, 2.24) is 4.57 Å². The number of rotatable bonds is 12. The zero-order valence-corrected chi connectivity index (χ0v) is 36.8. The molecule has 51 heavy (non-hydrogen) atoms. The molecule has 0 bridgehead atoms. The van der Waals surface area contributed by atoms with Gasteiger partial charge in [-0.25, -0.2) is 6.07 Å². The van der Waals surface area contributed by atoms with Crippen molar-refractivity contribution >= 4 is 68.1 Å². The van der Waals surface area contributed by atoms with E-state index < -0.39 is 28.9 Å². The third-order valence-corrected chi connectivity index (χ3v) is 17.1. The van der Waals surface area contributed by atoms with Gasteiger partial charge < -0.3 is 9.30 Å². The molecule has 268 valence electrons. The second-order valence-electron chi connectivity index (χ2n) is 15.7. The first-order valence-corrected chi connectivity index (χ1v) is 27.9. The Kier molecular flexibility index (Phi) is 12.6. The summed E-state index contributed by atoms with van der Waals surface area (Å²) in [4.78, 5) is 0. The average Bonchev–Trinajstić information content (AvgIpc) is 3.90. The molecule has 0 unspecified atom stereocenters. The summed E-state index contributed by atoms with van der Waals surface area (Å²) in [5, 5.41) is 9.12. The number of ether oxygens (including phenoxy) is 1. The molecule has 6 aromatic rings. The molecule has 0 saturated carbocycles. The molecule has 2 nitrogen and oxygen atoms in total. The first-order chi connectivity index (χ1) is 24.6. The van der Waals surface area contributed by atoms with Crippen molar-refractivity contribution < 1.29 is 25.6 Å². The minimum absolute atomic E-state index is 0.0284. The Morgan fingerprint density at radius 1 is 0.863 bits per heavy atom. The van der Waals surface area contributed by atoms with Crippen molar-refractivity contribution in [3.8, 4) is 11.1 Å². The molecule has 6 heteroatoms. The van der Waals surface area contributed by atoms with E-state index in [1.165, 1.54) is 106 Å². The predicted octanol–water partition coefficient (Wildman–Crippen LogP) is 12.3. The van der Waals surface area contributed by atoms with Gasteiger partial charge in [-0.2, -0.15) is 28.9 Å². The van der Waals surface area contributed by atoms with E-state index in [0.717, 1.165) is 13.0 Å². The molecule has 0 N–H and O–H groups in total. The fraction of sp³-hybridized carbons (Fsp3) is 0.422.